The van der Waals surface area contributed by atoms with Crippen LogP contribution in [0.1, 0.15) is 10.5 Å². The Kier molecular flexibility index (Phi) is 4.97. The van der Waals surface area contributed by atoms with Crippen LogP contribution in [0.2, 0.25) is 0 Å². The number of amides is 2. The lowest BCUT2D eigenvalue weighted by molar-refractivity contribution is -0.131. The summed E-state index contributed by atoms with van der Waals surface area (Å²) in [5, 5.41) is 2.28. The van der Waals surface area contributed by atoms with Crippen molar-refractivity contribution in [3.05, 3.63) is 47.5 Å². The van der Waals surface area contributed by atoms with Gasteiger partial charge >= 0.3 is 5.91 Å². The standard InChI is InChI=1S/C16H14N4O5S2/c1-20(27(24,25)14-6-3-7-26-14)12-5-2-4-10-8-11(17-15(10)12)16(23)19-18-13(22)9-21/h2-9,17H,1H3,(H,18,22)(H,19,23). The minimum atomic E-state index is -3.74. The number of aromatic nitrogens is 1. The van der Waals surface area contributed by atoms with E-state index in [9.17, 15) is 22.8 Å². The fraction of sp³-hybridized carbons (Fsp3) is 0.0625. The van der Waals surface area contributed by atoms with Gasteiger partial charge < -0.3 is 4.98 Å². The maximum absolute atomic E-state index is 12.8. The van der Waals surface area contributed by atoms with Crippen LogP contribution in [-0.4, -0.2) is 38.5 Å². The molecular weight excluding hydrogens is 392 g/mol. The van der Waals surface area contributed by atoms with E-state index in [-0.39, 0.29) is 16.2 Å². The number of benzene rings is 1. The van der Waals surface area contributed by atoms with E-state index in [4.69, 9.17) is 0 Å². The molecule has 2 amide bonds. The summed E-state index contributed by atoms with van der Waals surface area (Å²) in [7, 11) is -2.32. The van der Waals surface area contributed by atoms with Crippen LogP contribution in [0, 0.1) is 0 Å². The fourth-order valence-corrected chi connectivity index (χ4v) is 4.78. The van der Waals surface area contributed by atoms with Crippen LogP contribution >= 0.6 is 11.3 Å². The van der Waals surface area contributed by atoms with E-state index < -0.39 is 21.8 Å². The van der Waals surface area contributed by atoms with E-state index in [1.807, 2.05) is 5.43 Å². The van der Waals surface area contributed by atoms with E-state index in [1.54, 1.807) is 29.6 Å². The zero-order chi connectivity index (χ0) is 19.6. The van der Waals surface area contributed by atoms with Gasteiger partial charge in [0.25, 0.3) is 15.9 Å². The number of thiophene rings is 1. The van der Waals surface area contributed by atoms with Crippen molar-refractivity contribution in [2.24, 2.45) is 0 Å². The third kappa shape index (κ3) is 3.55. The molecule has 0 radical (unpaired) electrons. The predicted octanol–water partition coefficient (Wildman–Crippen LogP) is 1.01. The van der Waals surface area contributed by atoms with Crippen LogP contribution in [0.5, 0.6) is 0 Å². The molecule has 1 aromatic carbocycles. The Morgan fingerprint density at radius 3 is 2.63 bits per heavy atom. The molecule has 3 aromatic rings. The van der Waals surface area contributed by atoms with Gasteiger partial charge in [-0.25, -0.2) is 8.42 Å². The Balaban J connectivity index is 1.96. The van der Waals surface area contributed by atoms with Crippen molar-refractivity contribution in [3.8, 4) is 0 Å². The lowest BCUT2D eigenvalue weighted by Crippen LogP contribution is -2.42. The maximum Gasteiger partial charge on any atom is 0.302 e. The molecule has 2 aromatic heterocycles. The lowest BCUT2D eigenvalue weighted by atomic mass is 10.2. The third-order valence-corrected chi connectivity index (χ3v) is 6.88. The molecule has 2 heterocycles. The first-order chi connectivity index (χ1) is 12.8. The number of nitrogens with one attached hydrogen (secondary N) is 3. The van der Waals surface area contributed by atoms with E-state index in [1.165, 1.54) is 19.2 Å². The molecule has 0 saturated carbocycles. The summed E-state index contributed by atoms with van der Waals surface area (Å²) < 4.78 is 26.8. The molecule has 0 unspecified atom stereocenters. The Morgan fingerprint density at radius 2 is 1.96 bits per heavy atom. The molecule has 0 aliphatic rings. The summed E-state index contributed by atoms with van der Waals surface area (Å²) in [6.07, 6.45) is 0.0218. The second-order valence-electron chi connectivity index (χ2n) is 5.39. The lowest BCUT2D eigenvalue weighted by Gasteiger charge is -2.19. The van der Waals surface area contributed by atoms with Crippen LogP contribution in [-0.2, 0) is 19.6 Å². The van der Waals surface area contributed by atoms with Gasteiger partial charge in [0, 0.05) is 12.4 Å². The summed E-state index contributed by atoms with van der Waals surface area (Å²) in [4.78, 5) is 36.1. The highest BCUT2D eigenvalue weighted by molar-refractivity contribution is 7.94. The predicted molar refractivity (Wildman–Crippen MR) is 99.9 cm³/mol. The van der Waals surface area contributed by atoms with Crippen molar-refractivity contribution in [1.29, 1.82) is 0 Å². The highest BCUT2D eigenvalue weighted by Crippen LogP contribution is 2.31. The topological polar surface area (TPSA) is 128 Å². The van der Waals surface area contributed by atoms with Crippen molar-refractivity contribution in [2.45, 2.75) is 4.21 Å². The molecule has 27 heavy (non-hydrogen) atoms. The van der Waals surface area contributed by atoms with E-state index in [0.29, 0.717) is 16.6 Å². The Hall–Kier alpha value is -3.18. The number of aromatic amines is 1. The largest absolute Gasteiger partial charge is 0.349 e. The first kappa shape index (κ1) is 18.6. The van der Waals surface area contributed by atoms with Crippen molar-refractivity contribution in [1.82, 2.24) is 15.8 Å². The maximum atomic E-state index is 12.8. The van der Waals surface area contributed by atoms with Gasteiger partial charge in [-0.3, -0.25) is 29.5 Å². The summed E-state index contributed by atoms with van der Waals surface area (Å²) >= 11 is 1.11. The number of sulfonamides is 1. The monoisotopic (exact) mass is 406 g/mol. The van der Waals surface area contributed by atoms with Gasteiger partial charge in [0.15, 0.2) is 0 Å². The highest BCUT2D eigenvalue weighted by atomic mass is 32.2. The number of hydrogen-bond donors (Lipinski definition) is 3. The van der Waals surface area contributed by atoms with Crippen LogP contribution < -0.4 is 15.2 Å². The zero-order valence-corrected chi connectivity index (χ0v) is 15.6. The first-order valence-electron chi connectivity index (χ1n) is 7.54. The Bertz CT molecular complexity index is 1120. The quantitative estimate of drug-likeness (QED) is 0.331. The number of nitrogens with zero attached hydrogens (tertiary/aromatic N) is 1. The van der Waals surface area contributed by atoms with Crippen LogP contribution in [0.3, 0.4) is 0 Å². The molecule has 0 bridgehead atoms. The molecule has 3 N–H and O–H groups in total. The average molecular weight is 406 g/mol. The SMILES string of the molecule is CN(c1cccc2cc(C(=O)NNC(=O)C=O)[nH]c12)S(=O)(=O)c1cccs1. The van der Waals surface area contributed by atoms with Crippen LogP contribution in [0.25, 0.3) is 10.9 Å². The summed E-state index contributed by atoms with van der Waals surface area (Å²) in [6, 6.07) is 9.66. The van der Waals surface area contributed by atoms with E-state index >= 15 is 0 Å². The number of anilines is 1. The summed E-state index contributed by atoms with van der Waals surface area (Å²) in [6.45, 7) is 0. The molecular formula is C16H14N4O5S2. The first-order valence-corrected chi connectivity index (χ1v) is 9.86. The normalized spacial score (nSPS) is 11.1. The number of fused-ring (bicyclic) bond motifs is 1. The second-order valence-corrected chi connectivity index (χ2v) is 8.53. The fourth-order valence-electron chi connectivity index (χ4n) is 2.41. The van der Waals surface area contributed by atoms with Crippen molar-refractivity contribution in [2.75, 3.05) is 11.4 Å². The molecule has 0 aliphatic heterocycles. The number of hydrazine groups is 1. The molecule has 0 spiro atoms. The Morgan fingerprint density at radius 1 is 1.19 bits per heavy atom. The second kappa shape index (κ2) is 7.21. The van der Waals surface area contributed by atoms with Gasteiger partial charge in [0.2, 0.25) is 6.29 Å². The molecule has 0 fully saturated rings. The number of rotatable bonds is 5. The van der Waals surface area contributed by atoms with Crippen molar-refractivity contribution >= 4 is 56.1 Å². The average Bonchev–Trinajstić information content (AvgIpc) is 3.34. The molecule has 9 nitrogen and oxygen atoms in total. The van der Waals surface area contributed by atoms with Gasteiger partial charge in [0.05, 0.1) is 11.2 Å². The number of aldehydes is 1. The number of para-hydroxylation sites is 1. The van der Waals surface area contributed by atoms with Gasteiger partial charge in [-0.05, 0) is 23.6 Å². The van der Waals surface area contributed by atoms with E-state index in [2.05, 4.69) is 10.4 Å². The molecule has 11 heteroatoms. The van der Waals surface area contributed by atoms with Crippen molar-refractivity contribution in [3.63, 3.8) is 0 Å². The van der Waals surface area contributed by atoms with Gasteiger partial charge in [0.1, 0.15) is 9.90 Å². The number of H-pyrrole nitrogens is 1. The third-order valence-electron chi connectivity index (χ3n) is 3.73. The molecule has 0 aliphatic carbocycles. The summed E-state index contributed by atoms with van der Waals surface area (Å²) in [5.41, 5.74) is 4.89. The Labute approximate surface area is 158 Å². The number of hydrogen-bond acceptors (Lipinski definition) is 6. The van der Waals surface area contributed by atoms with Gasteiger partial charge in [-0.2, -0.15) is 0 Å². The van der Waals surface area contributed by atoms with E-state index in [0.717, 1.165) is 15.6 Å². The number of carbonyl (C=O) groups excluding carboxylic acids is 3. The highest BCUT2D eigenvalue weighted by Gasteiger charge is 2.24. The molecule has 0 atom stereocenters. The summed E-state index contributed by atoms with van der Waals surface area (Å²) in [5.74, 6) is -1.68. The van der Waals surface area contributed by atoms with Crippen LogP contribution in [0.15, 0.2) is 46.0 Å². The minimum absolute atomic E-state index is 0.0218. The molecule has 3 rings (SSSR count). The zero-order valence-electron chi connectivity index (χ0n) is 13.9. The van der Waals surface area contributed by atoms with Crippen molar-refractivity contribution < 1.29 is 22.8 Å². The molecule has 0 saturated heterocycles. The number of carbonyl (C=O) groups is 3. The van der Waals surface area contributed by atoms with Crippen LogP contribution in [0.4, 0.5) is 5.69 Å². The minimum Gasteiger partial charge on any atom is -0.349 e. The van der Waals surface area contributed by atoms with Gasteiger partial charge in [-0.1, -0.05) is 18.2 Å². The smallest absolute Gasteiger partial charge is 0.302 e. The molecule has 140 valence electrons. The van der Waals surface area contributed by atoms with Gasteiger partial charge in [-0.15, -0.1) is 11.3 Å².